The van der Waals surface area contributed by atoms with E-state index < -0.39 is 0 Å². The number of carbonyl (C=O) groups is 1. The van der Waals surface area contributed by atoms with Gasteiger partial charge in [-0.25, -0.2) is 0 Å². The summed E-state index contributed by atoms with van der Waals surface area (Å²) in [7, 11) is 4.24. The first kappa shape index (κ1) is 20.4. The highest BCUT2D eigenvalue weighted by Crippen LogP contribution is 2.32. The monoisotopic (exact) mass is 410 g/mol. The Labute approximate surface area is 160 Å². The average molecular weight is 411 g/mol. The largest absolute Gasteiger partial charge is 0.381 e. The number of anilines is 1. The van der Waals surface area contributed by atoms with Crippen molar-refractivity contribution in [2.75, 3.05) is 32.2 Å². The third kappa shape index (κ3) is 5.80. The van der Waals surface area contributed by atoms with Gasteiger partial charge in [-0.2, -0.15) is 0 Å². The van der Waals surface area contributed by atoms with Gasteiger partial charge in [0.2, 0.25) is 5.91 Å². The van der Waals surface area contributed by atoms with Gasteiger partial charge in [0.1, 0.15) is 0 Å². The van der Waals surface area contributed by atoms with Crippen LogP contribution in [0.25, 0.3) is 0 Å². The van der Waals surface area contributed by atoms with Crippen molar-refractivity contribution in [3.05, 3.63) is 30.3 Å². The lowest BCUT2D eigenvalue weighted by Crippen LogP contribution is -2.52. The highest BCUT2D eigenvalue weighted by Gasteiger charge is 2.35. The maximum atomic E-state index is 13.1. The number of para-hydroxylation sites is 1. The highest BCUT2D eigenvalue weighted by molar-refractivity contribution is 9.09. The quantitative estimate of drug-likeness (QED) is 0.385. The Morgan fingerprint density at radius 3 is 2.56 bits per heavy atom. The molecule has 0 aromatic heterocycles. The first-order valence-electron chi connectivity index (χ1n) is 9.30. The molecule has 1 fully saturated rings. The van der Waals surface area contributed by atoms with Crippen LogP contribution >= 0.6 is 15.9 Å². The molecule has 1 aliphatic rings. The summed E-state index contributed by atoms with van der Waals surface area (Å²) in [5.41, 5.74) is 0.994. The Balaban J connectivity index is 2.30. The van der Waals surface area contributed by atoms with E-state index in [4.69, 9.17) is 4.74 Å². The number of halogens is 1. The third-order valence-electron chi connectivity index (χ3n) is 4.92. The highest BCUT2D eigenvalue weighted by atomic mass is 79.9. The molecule has 1 aliphatic carbocycles. The van der Waals surface area contributed by atoms with Gasteiger partial charge in [0.25, 0.3) is 0 Å². The molecule has 1 aromatic rings. The van der Waals surface area contributed by atoms with Crippen molar-refractivity contribution in [1.82, 2.24) is 4.90 Å². The summed E-state index contributed by atoms with van der Waals surface area (Å²) in [5, 5.41) is 0. The molecule has 4 nitrogen and oxygen atoms in total. The van der Waals surface area contributed by atoms with Gasteiger partial charge in [-0.3, -0.25) is 4.79 Å². The fourth-order valence-corrected chi connectivity index (χ4v) is 4.37. The molecule has 25 heavy (non-hydrogen) atoms. The van der Waals surface area contributed by atoms with Crippen molar-refractivity contribution in [2.24, 2.45) is 0 Å². The number of likely N-dealkylation sites (N-methyl/N-ethyl adjacent to an activating group) is 1. The summed E-state index contributed by atoms with van der Waals surface area (Å²) in [5.74, 6) is 0.157. The minimum Gasteiger partial charge on any atom is -0.381 e. The molecule has 3 atom stereocenters. The topological polar surface area (TPSA) is 32.8 Å². The summed E-state index contributed by atoms with van der Waals surface area (Å²) < 4.78 is 5.43. The van der Waals surface area contributed by atoms with Crippen LogP contribution in [0.1, 0.15) is 39.0 Å². The van der Waals surface area contributed by atoms with E-state index in [1.807, 2.05) is 42.2 Å². The van der Waals surface area contributed by atoms with Gasteiger partial charge in [0, 0.05) is 23.2 Å². The van der Waals surface area contributed by atoms with E-state index in [0.717, 1.165) is 31.4 Å². The Kier molecular flexibility index (Phi) is 8.40. The van der Waals surface area contributed by atoms with Crippen LogP contribution in [0.5, 0.6) is 0 Å². The number of nitrogens with zero attached hydrogens (tertiary/aromatic N) is 2. The lowest BCUT2D eigenvalue weighted by Gasteiger charge is -2.39. The number of hydrogen-bond donors (Lipinski definition) is 0. The van der Waals surface area contributed by atoms with E-state index >= 15 is 0 Å². The zero-order valence-corrected chi connectivity index (χ0v) is 17.2. The van der Waals surface area contributed by atoms with E-state index in [0.29, 0.717) is 30.5 Å². The molecule has 140 valence electrons. The minimum absolute atomic E-state index is 0.157. The van der Waals surface area contributed by atoms with Gasteiger partial charge >= 0.3 is 0 Å². The lowest BCUT2D eigenvalue weighted by molar-refractivity contribution is -0.120. The maximum Gasteiger partial charge on any atom is 0.229 e. The van der Waals surface area contributed by atoms with Gasteiger partial charge in [-0.1, -0.05) is 40.5 Å². The third-order valence-corrected chi connectivity index (χ3v) is 5.75. The van der Waals surface area contributed by atoms with Crippen LogP contribution in [0.2, 0.25) is 0 Å². The molecular weight excluding hydrogens is 380 g/mol. The number of amides is 1. The summed E-state index contributed by atoms with van der Waals surface area (Å²) in [6.07, 6.45) is 4.81. The fourth-order valence-electron chi connectivity index (χ4n) is 3.67. The van der Waals surface area contributed by atoms with Crippen molar-refractivity contribution >= 4 is 27.5 Å². The summed E-state index contributed by atoms with van der Waals surface area (Å²) in [6.45, 7) is 3.09. The van der Waals surface area contributed by atoms with Crippen LogP contribution in [-0.2, 0) is 9.53 Å². The summed E-state index contributed by atoms with van der Waals surface area (Å²) in [6, 6.07) is 10.6. The molecule has 0 N–H and O–H groups in total. The van der Waals surface area contributed by atoms with Crippen molar-refractivity contribution < 1.29 is 9.53 Å². The molecule has 0 bridgehead atoms. The van der Waals surface area contributed by atoms with Gasteiger partial charge in [0.05, 0.1) is 19.1 Å². The Hall–Kier alpha value is -0.910. The van der Waals surface area contributed by atoms with Gasteiger partial charge in [-0.15, -0.1) is 0 Å². The van der Waals surface area contributed by atoms with Gasteiger partial charge in [-0.05, 0) is 52.4 Å². The van der Waals surface area contributed by atoms with Crippen LogP contribution in [0.4, 0.5) is 5.69 Å². The van der Waals surface area contributed by atoms with E-state index in [1.165, 1.54) is 0 Å². The molecule has 1 amide bonds. The van der Waals surface area contributed by atoms with Crippen molar-refractivity contribution in [3.8, 4) is 0 Å². The maximum absolute atomic E-state index is 13.1. The van der Waals surface area contributed by atoms with Gasteiger partial charge < -0.3 is 14.5 Å². The molecule has 0 saturated heterocycles. The number of carbonyl (C=O) groups excluding carboxylic acids is 1. The Bertz CT molecular complexity index is 524. The van der Waals surface area contributed by atoms with E-state index in [1.54, 1.807) is 0 Å². The molecule has 0 aliphatic heterocycles. The standard InChI is InChI=1S/C20H31BrN2O2/c1-4-25-14-13-20(24)23(17-10-6-5-7-11-17)18-12-8-9-16(21)15-19(18)22(2)3/h5-7,10-11,16,18-19H,4,8-9,12-15H2,1-3H3. The number of benzene rings is 1. The van der Waals surface area contributed by atoms with Crippen molar-refractivity contribution in [2.45, 2.75) is 55.9 Å². The lowest BCUT2D eigenvalue weighted by atomic mass is 9.98. The first-order valence-corrected chi connectivity index (χ1v) is 10.2. The molecular formula is C20H31BrN2O2. The van der Waals surface area contributed by atoms with Gasteiger partial charge in [0.15, 0.2) is 0 Å². The predicted octanol–water partition coefficient (Wildman–Crippen LogP) is 4.08. The zero-order valence-electron chi connectivity index (χ0n) is 15.7. The molecule has 3 unspecified atom stereocenters. The van der Waals surface area contributed by atoms with Crippen molar-refractivity contribution in [1.29, 1.82) is 0 Å². The second-order valence-corrected chi connectivity index (χ2v) is 8.20. The minimum atomic E-state index is 0.157. The Morgan fingerprint density at radius 2 is 1.92 bits per heavy atom. The van der Waals surface area contributed by atoms with E-state index in [9.17, 15) is 4.79 Å². The van der Waals surface area contributed by atoms with Crippen LogP contribution in [0.15, 0.2) is 30.3 Å². The van der Waals surface area contributed by atoms with Crippen LogP contribution in [0.3, 0.4) is 0 Å². The molecule has 5 heteroatoms. The number of alkyl halides is 1. The second kappa shape index (κ2) is 10.3. The molecule has 1 saturated carbocycles. The summed E-state index contributed by atoms with van der Waals surface area (Å²) in [4.78, 5) is 17.9. The Morgan fingerprint density at radius 1 is 1.20 bits per heavy atom. The average Bonchev–Trinajstić information content (AvgIpc) is 2.78. The molecule has 0 radical (unpaired) electrons. The van der Waals surface area contributed by atoms with Crippen LogP contribution < -0.4 is 4.90 Å². The smallest absolute Gasteiger partial charge is 0.229 e. The van der Waals surface area contributed by atoms with Crippen LogP contribution in [0, 0.1) is 0 Å². The normalized spacial score (nSPS) is 24.1. The molecule has 2 rings (SSSR count). The number of rotatable bonds is 7. The summed E-state index contributed by atoms with van der Waals surface area (Å²) >= 11 is 3.82. The molecule has 0 heterocycles. The molecule has 0 spiro atoms. The van der Waals surface area contributed by atoms with Crippen molar-refractivity contribution in [3.63, 3.8) is 0 Å². The zero-order chi connectivity index (χ0) is 18.2. The second-order valence-electron chi connectivity index (χ2n) is 6.91. The number of ether oxygens (including phenoxy) is 1. The van der Waals surface area contributed by atoms with Crippen LogP contribution in [-0.4, -0.2) is 55.0 Å². The molecule has 1 aromatic carbocycles. The first-order chi connectivity index (χ1) is 12.0. The van der Waals surface area contributed by atoms with E-state index in [2.05, 4.69) is 34.9 Å². The SMILES string of the molecule is CCOCCC(=O)N(c1ccccc1)C1CCCC(Br)CC1N(C)C. The fraction of sp³-hybridized carbons (Fsp3) is 0.650. The predicted molar refractivity (Wildman–Crippen MR) is 107 cm³/mol. The van der Waals surface area contributed by atoms with E-state index in [-0.39, 0.29) is 11.9 Å². The number of hydrogen-bond acceptors (Lipinski definition) is 3.